The Morgan fingerprint density at radius 2 is 1.92 bits per heavy atom. The van der Waals surface area contributed by atoms with E-state index in [2.05, 4.69) is 0 Å². The van der Waals surface area contributed by atoms with Gasteiger partial charge in [-0.05, 0) is 11.4 Å². The zero-order chi connectivity index (χ0) is 9.82. The zero-order valence-electron chi connectivity index (χ0n) is 6.77. The second-order valence-electron chi connectivity index (χ2n) is 1.38. The molecule has 72 valence electrons. The van der Waals surface area contributed by atoms with E-state index in [4.69, 9.17) is 5.73 Å². The Labute approximate surface area is 74.0 Å². The van der Waals surface area contributed by atoms with Crippen LogP contribution in [0, 0.1) is 0 Å². The van der Waals surface area contributed by atoms with Crippen LogP contribution in [0.1, 0.15) is 4.88 Å². The molecular weight excluding hydrogens is 187 g/mol. The van der Waals surface area contributed by atoms with Crippen molar-refractivity contribution in [3.05, 3.63) is 22.4 Å². The van der Waals surface area contributed by atoms with Crippen LogP contribution in [0.5, 0.6) is 0 Å². The van der Waals surface area contributed by atoms with Crippen molar-refractivity contribution in [1.82, 2.24) is 0 Å². The van der Waals surface area contributed by atoms with Crippen LogP contribution in [-0.2, 0) is 6.54 Å². The van der Waals surface area contributed by atoms with E-state index < -0.39 is 6.93 Å². The summed E-state index contributed by atoms with van der Waals surface area (Å²) >= 11 is 1.70. The third kappa shape index (κ3) is 9.45. The lowest BCUT2D eigenvalue weighted by Crippen LogP contribution is -1.90. The van der Waals surface area contributed by atoms with Gasteiger partial charge in [-0.15, -0.1) is 11.3 Å². The number of halogens is 3. The summed E-state index contributed by atoms with van der Waals surface area (Å²) in [6.45, 7) is -1.07. The fraction of sp³-hybridized carbons (Fsp3) is 0.429. The molecule has 5 heteroatoms. The first-order valence-corrected chi connectivity index (χ1v) is 3.95. The van der Waals surface area contributed by atoms with Crippen molar-refractivity contribution in [3.8, 4) is 0 Å². The summed E-state index contributed by atoms with van der Waals surface area (Å²) < 4.78 is 28.8. The summed E-state index contributed by atoms with van der Waals surface area (Å²) in [5.41, 5.74) is 5.30. The summed E-state index contributed by atoms with van der Waals surface area (Å²) in [5.74, 6) is 0. The fourth-order valence-corrected chi connectivity index (χ4v) is 1.01. The molecule has 0 amide bonds. The molecule has 12 heavy (non-hydrogen) atoms. The monoisotopic (exact) mass is 199 g/mol. The van der Waals surface area contributed by atoms with E-state index in [1.807, 2.05) is 17.5 Å². The molecule has 0 aliphatic carbocycles. The highest BCUT2D eigenvalue weighted by atomic mass is 32.1. The molecule has 0 saturated heterocycles. The first kappa shape index (κ1) is 14.0. The third-order valence-electron chi connectivity index (χ3n) is 0.781. The summed E-state index contributed by atoms with van der Waals surface area (Å²) in [6.07, 6.45) is 0. The second kappa shape index (κ2) is 13.1. The Kier molecular flexibility index (Phi) is 15.2. The normalized spacial score (nSPS) is 7.42. The Morgan fingerprint density at radius 1 is 1.42 bits per heavy atom. The van der Waals surface area contributed by atoms with Gasteiger partial charge in [0.25, 0.3) is 0 Å². The Hall–Kier alpha value is -0.550. The molecular formula is C7H12F3NS. The average molecular weight is 199 g/mol. The van der Waals surface area contributed by atoms with Gasteiger partial charge < -0.3 is 5.73 Å². The van der Waals surface area contributed by atoms with Gasteiger partial charge in [-0.1, -0.05) is 6.07 Å². The molecule has 0 aliphatic rings. The SMILES string of the molecule is CF.FCF.NCc1cccs1. The minimum Gasteiger partial charge on any atom is -0.326 e. The van der Waals surface area contributed by atoms with Crippen LogP contribution in [0.4, 0.5) is 13.2 Å². The fourth-order valence-electron chi connectivity index (χ4n) is 0.429. The van der Waals surface area contributed by atoms with E-state index in [1.54, 1.807) is 11.3 Å². The number of nitrogens with two attached hydrogens (primary N) is 1. The van der Waals surface area contributed by atoms with Gasteiger partial charge in [-0.25, -0.2) is 8.78 Å². The molecule has 1 aromatic rings. The van der Waals surface area contributed by atoms with Crippen LogP contribution in [0.2, 0.25) is 0 Å². The van der Waals surface area contributed by atoms with Crippen molar-refractivity contribution in [2.75, 3.05) is 14.1 Å². The highest BCUT2D eigenvalue weighted by molar-refractivity contribution is 7.09. The average Bonchev–Trinajstić information content (AvgIpc) is 2.61. The summed E-state index contributed by atoms with van der Waals surface area (Å²) in [4.78, 5) is 1.25. The number of alkyl halides is 3. The van der Waals surface area contributed by atoms with Gasteiger partial charge in [-0.3, -0.25) is 4.39 Å². The Balaban J connectivity index is 0. The maximum atomic E-state index is 9.62. The van der Waals surface area contributed by atoms with Crippen LogP contribution in [0.3, 0.4) is 0 Å². The van der Waals surface area contributed by atoms with Crippen LogP contribution in [-0.4, -0.2) is 14.1 Å². The molecule has 0 fully saturated rings. The highest BCUT2D eigenvalue weighted by Gasteiger charge is 1.82. The molecule has 0 atom stereocenters. The van der Waals surface area contributed by atoms with Crippen molar-refractivity contribution in [2.45, 2.75) is 6.54 Å². The lowest BCUT2D eigenvalue weighted by Gasteiger charge is -1.79. The van der Waals surface area contributed by atoms with Gasteiger partial charge in [0, 0.05) is 11.4 Å². The van der Waals surface area contributed by atoms with Crippen molar-refractivity contribution in [3.63, 3.8) is 0 Å². The molecule has 1 aromatic heterocycles. The minimum absolute atomic E-state index is 0.500. The van der Waals surface area contributed by atoms with Gasteiger partial charge in [0.05, 0.1) is 7.18 Å². The Morgan fingerprint density at radius 3 is 2.08 bits per heavy atom. The molecule has 0 radical (unpaired) electrons. The van der Waals surface area contributed by atoms with Crippen molar-refractivity contribution in [2.24, 2.45) is 5.73 Å². The van der Waals surface area contributed by atoms with E-state index in [0.29, 0.717) is 13.7 Å². The zero-order valence-corrected chi connectivity index (χ0v) is 7.58. The van der Waals surface area contributed by atoms with E-state index in [0.717, 1.165) is 0 Å². The predicted octanol–water partition coefficient (Wildman–Crippen LogP) is 2.68. The molecule has 0 aromatic carbocycles. The molecule has 0 spiro atoms. The van der Waals surface area contributed by atoms with E-state index in [1.165, 1.54) is 4.88 Å². The van der Waals surface area contributed by atoms with E-state index >= 15 is 0 Å². The molecule has 1 nitrogen and oxygen atoms in total. The first-order chi connectivity index (χ1) is 5.85. The maximum Gasteiger partial charge on any atom is 0.229 e. The van der Waals surface area contributed by atoms with Gasteiger partial charge in [0.2, 0.25) is 6.93 Å². The van der Waals surface area contributed by atoms with Crippen LogP contribution in [0.25, 0.3) is 0 Å². The lowest BCUT2D eigenvalue weighted by atomic mass is 10.5. The van der Waals surface area contributed by atoms with Crippen LogP contribution < -0.4 is 5.73 Å². The van der Waals surface area contributed by atoms with Crippen molar-refractivity contribution < 1.29 is 13.2 Å². The molecule has 1 heterocycles. The van der Waals surface area contributed by atoms with Crippen LogP contribution in [0.15, 0.2) is 17.5 Å². The number of hydrogen-bond acceptors (Lipinski definition) is 2. The van der Waals surface area contributed by atoms with Crippen molar-refractivity contribution in [1.29, 1.82) is 0 Å². The third-order valence-corrected chi connectivity index (χ3v) is 1.68. The summed E-state index contributed by atoms with van der Waals surface area (Å²) in [6, 6.07) is 4.04. The molecule has 1 rings (SSSR count). The lowest BCUT2D eigenvalue weighted by molar-refractivity contribution is 0.295. The van der Waals surface area contributed by atoms with Crippen LogP contribution >= 0.6 is 11.3 Å². The topological polar surface area (TPSA) is 26.0 Å². The molecule has 0 aliphatic heterocycles. The highest BCUT2D eigenvalue weighted by Crippen LogP contribution is 2.05. The summed E-state index contributed by atoms with van der Waals surface area (Å²) in [7, 11) is 0.500. The standard InChI is InChI=1S/C5H7NS.CH2F2.CH3F/c6-4-5-2-1-3-7-5;2-1-3;1-2/h1-3H,4,6H2;1H2;1H3. The molecule has 0 saturated carbocycles. The second-order valence-corrected chi connectivity index (χ2v) is 2.42. The van der Waals surface area contributed by atoms with Crippen molar-refractivity contribution >= 4 is 11.3 Å². The quantitative estimate of drug-likeness (QED) is 0.739. The summed E-state index contributed by atoms with van der Waals surface area (Å²) in [5, 5.41) is 2.03. The van der Waals surface area contributed by atoms with E-state index in [-0.39, 0.29) is 0 Å². The molecule has 0 bridgehead atoms. The van der Waals surface area contributed by atoms with Gasteiger partial charge in [-0.2, -0.15) is 0 Å². The van der Waals surface area contributed by atoms with Gasteiger partial charge in [0.15, 0.2) is 0 Å². The minimum atomic E-state index is -1.75. The van der Waals surface area contributed by atoms with E-state index in [9.17, 15) is 13.2 Å². The largest absolute Gasteiger partial charge is 0.326 e. The Bertz CT molecular complexity index is 144. The number of rotatable bonds is 1. The number of thiophene rings is 1. The molecule has 0 unspecified atom stereocenters. The van der Waals surface area contributed by atoms with Gasteiger partial charge in [0.1, 0.15) is 0 Å². The maximum absolute atomic E-state index is 9.62. The predicted molar refractivity (Wildman–Crippen MR) is 46.3 cm³/mol. The van der Waals surface area contributed by atoms with Gasteiger partial charge >= 0.3 is 0 Å². The molecule has 2 N–H and O–H groups in total. The number of hydrogen-bond donors (Lipinski definition) is 1. The first-order valence-electron chi connectivity index (χ1n) is 3.07. The smallest absolute Gasteiger partial charge is 0.229 e.